The molecule has 3 rings (SSSR count). The molecule has 1 saturated heterocycles. The molecule has 2 aromatic rings. The van der Waals surface area contributed by atoms with Crippen LogP contribution in [0.5, 0.6) is 0 Å². The number of aliphatic hydroxyl groups is 2. The first-order valence-corrected chi connectivity index (χ1v) is 15.3. The number of nitrogens with zero attached hydrogens (tertiary/aromatic N) is 5. The number of rotatable bonds is 12. The van der Waals surface area contributed by atoms with Gasteiger partial charge >= 0.3 is 15.6 Å². The molecule has 2 aromatic heterocycles. The van der Waals surface area contributed by atoms with Gasteiger partial charge in [-0.2, -0.15) is 4.31 Å². The Kier molecular flexibility index (Phi) is 12.6. The summed E-state index contributed by atoms with van der Waals surface area (Å²) in [4.78, 5) is 41.5. The normalized spacial score (nSPS) is 22.8. The van der Waals surface area contributed by atoms with Crippen molar-refractivity contribution in [2.24, 2.45) is 0 Å². The minimum Gasteiger partial charge on any atom is -0.387 e. The summed E-state index contributed by atoms with van der Waals surface area (Å²) in [6.45, 7) is 13.7. The van der Waals surface area contributed by atoms with Gasteiger partial charge in [0.25, 0.3) is 0 Å². The molecule has 0 spiro atoms. The van der Waals surface area contributed by atoms with Gasteiger partial charge in [-0.15, -0.1) is 0 Å². The minimum absolute atomic E-state index is 0.287. The lowest BCUT2D eigenvalue weighted by molar-refractivity contribution is -0.0503. The molecule has 1 fully saturated rings. The number of phosphoric ester groups is 1. The standard InChI is InChI=1S/C15H23N5O10P2.C6H15N/c1-8(2)3-4-16-13-10-14(18-6-17-13)20(7-19-10)15-12(22)11(21)9(29-15)5-28-32(26,27)30-31(23,24)25;1-4-7(5-2)6-3/h3,6-7,9,11-12,15,21-22H,4-5H2,1-2H3,(H,26,27)(H,16,17,18)(H2,23,24,25);4-6H2,1-3H3/t9-,11-,12-,15-;/m1./s1. The molecule has 18 heteroatoms. The van der Waals surface area contributed by atoms with Crippen LogP contribution in [0.3, 0.4) is 0 Å². The first-order valence-electron chi connectivity index (χ1n) is 12.3. The van der Waals surface area contributed by atoms with Crippen molar-refractivity contribution in [1.29, 1.82) is 0 Å². The summed E-state index contributed by atoms with van der Waals surface area (Å²) in [7, 11) is -10.4. The van der Waals surface area contributed by atoms with Crippen LogP contribution in [0.1, 0.15) is 40.8 Å². The van der Waals surface area contributed by atoms with Crippen molar-refractivity contribution in [2.45, 2.75) is 59.2 Å². The Morgan fingerprint density at radius 3 is 2.28 bits per heavy atom. The summed E-state index contributed by atoms with van der Waals surface area (Å²) in [5, 5.41) is 23.8. The fraction of sp³-hybridized carbons (Fsp3) is 0.667. The molecule has 1 aliphatic rings. The minimum atomic E-state index is -5.30. The van der Waals surface area contributed by atoms with Crippen molar-refractivity contribution in [2.75, 3.05) is 38.1 Å². The number of hydrogen-bond acceptors (Lipinski definition) is 12. The van der Waals surface area contributed by atoms with E-state index in [1.54, 1.807) is 0 Å². The van der Waals surface area contributed by atoms with Gasteiger partial charge < -0.3 is 39.8 Å². The zero-order valence-electron chi connectivity index (χ0n) is 22.5. The lowest BCUT2D eigenvalue weighted by Crippen LogP contribution is -2.33. The third-order valence-electron chi connectivity index (χ3n) is 5.70. The van der Waals surface area contributed by atoms with Crippen LogP contribution in [0.2, 0.25) is 0 Å². The fourth-order valence-electron chi connectivity index (χ4n) is 3.61. The van der Waals surface area contributed by atoms with Crippen molar-refractivity contribution in [3.05, 3.63) is 24.3 Å². The smallest absolute Gasteiger partial charge is 0.387 e. The molecule has 0 aromatic carbocycles. The van der Waals surface area contributed by atoms with E-state index in [0.717, 1.165) is 5.57 Å². The van der Waals surface area contributed by atoms with Crippen LogP contribution in [0.4, 0.5) is 5.82 Å². The number of anilines is 1. The zero-order chi connectivity index (χ0) is 29.4. The van der Waals surface area contributed by atoms with E-state index < -0.39 is 46.8 Å². The van der Waals surface area contributed by atoms with Crippen molar-refractivity contribution in [3.8, 4) is 0 Å². The van der Waals surface area contributed by atoms with E-state index in [4.69, 9.17) is 14.5 Å². The van der Waals surface area contributed by atoms with Crippen LogP contribution >= 0.6 is 15.6 Å². The van der Waals surface area contributed by atoms with Gasteiger partial charge in [0, 0.05) is 6.54 Å². The van der Waals surface area contributed by atoms with Gasteiger partial charge in [0.05, 0.1) is 12.9 Å². The van der Waals surface area contributed by atoms with E-state index >= 15 is 0 Å². The van der Waals surface area contributed by atoms with Gasteiger partial charge in [-0.25, -0.2) is 24.1 Å². The quantitative estimate of drug-likeness (QED) is 0.151. The SMILES string of the molecule is CC(C)=CCNc1ncnc2c1ncn2[C@@H]1O[C@H](COP(=O)(O)OP(=O)(O)O)[C@@H](O)[C@H]1O.CCN(CC)CC. The highest BCUT2D eigenvalue weighted by atomic mass is 31.3. The predicted molar refractivity (Wildman–Crippen MR) is 142 cm³/mol. The molecule has 5 atom stereocenters. The summed E-state index contributed by atoms with van der Waals surface area (Å²) in [6, 6.07) is 0. The molecule has 222 valence electrons. The molecule has 3 heterocycles. The molecule has 0 aliphatic carbocycles. The van der Waals surface area contributed by atoms with Gasteiger partial charge in [-0.3, -0.25) is 9.09 Å². The van der Waals surface area contributed by atoms with E-state index in [2.05, 4.69) is 54.8 Å². The van der Waals surface area contributed by atoms with Gasteiger partial charge in [-0.05, 0) is 33.5 Å². The maximum Gasteiger partial charge on any atom is 0.481 e. The average molecular weight is 597 g/mol. The van der Waals surface area contributed by atoms with Crippen LogP contribution in [-0.2, 0) is 22.7 Å². The fourth-order valence-corrected chi connectivity index (χ4v) is 5.21. The molecule has 0 saturated carbocycles. The summed E-state index contributed by atoms with van der Waals surface area (Å²) >= 11 is 0. The lowest BCUT2D eigenvalue weighted by atomic mass is 10.1. The van der Waals surface area contributed by atoms with Crippen LogP contribution < -0.4 is 5.32 Å². The second kappa shape index (κ2) is 14.7. The number of aromatic nitrogens is 4. The topological polar surface area (TPSA) is 222 Å². The Bertz CT molecular complexity index is 1180. The summed E-state index contributed by atoms with van der Waals surface area (Å²) in [5.41, 5.74) is 1.78. The number of imidazole rings is 1. The van der Waals surface area contributed by atoms with E-state index in [-0.39, 0.29) is 5.65 Å². The molecule has 0 bridgehead atoms. The second-order valence-corrected chi connectivity index (χ2v) is 11.5. The molecule has 0 amide bonds. The van der Waals surface area contributed by atoms with Gasteiger partial charge in [0.2, 0.25) is 0 Å². The van der Waals surface area contributed by atoms with E-state index in [9.17, 15) is 24.2 Å². The van der Waals surface area contributed by atoms with Crippen LogP contribution in [0.15, 0.2) is 24.3 Å². The molecule has 1 unspecified atom stereocenters. The lowest BCUT2D eigenvalue weighted by Gasteiger charge is -2.17. The zero-order valence-corrected chi connectivity index (χ0v) is 24.3. The molecular formula is C21H38N6O10P2. The Labute approximate surface area is 226 Å². The van der Waals surface area contributed by atoms with E-state index in [1.165, 1.54) is 36.9 Å². The van der Waals surface area contributed by atoms with Crippen molar-refractivity contribution >= 4 is 32.6 Å². The monoisotopic (exact) mass is 596 g/mol. The Morgan fingerprint density at radius 1 is 1.10 bits per heavy atom. The summed E-state index contributed by atoms with van der Waals surface area (Å²) in [5.74, 6) is 0.440. The van der Waals surface area contributed by atoms with Crippen LogP contribution in [0.25, 0.3) is 11.2 Å². The number of fused-ring (bicyclic) bond motifs is 1. The summed E-state index contributed by atoms with van der Waals surface area (Å²) < 4.78 is 37.4. The highest BCUT2D eigenvalue weighted by Gasteiger charge is 2.46. The van der Waals surface area contributed by atoms with Crippen molar-refractivity contribution < 1.29 is 47.6 Å². The first-order chi connectivity index (χ1) is 18.2. The van der Waals surface area contributed by atoms with E-state index in [1.807, 2.05) is 19.9 Å². The number of phosphoric acid groups is 2. The Morgan fingerprint density at radius 2 is 1.74 bits per heavy atom. The first kappa shape index (κ1) is 33.4. The largest absolute Gasteiger partial charge is 0.481 e. The molecule has 1 aliphatic heterocycles. The number of allylic oxidation sites excluding steroid dienone is 1. The van der Waals surface area contributed by atoms with Crippen molar-refractivity contribution in [1.82, 2.24) is 24.4 Å². The number of hydrogen-bond donors (Lipinski definition) is 6. The molecule has 16 nitrogen and oxygen atoms in total. The molecule has 0 radical (unpaired) electrons. The third-order valence-corrected chi connectivity index (χ3v) is 7.85. The van der Waals surface area contributed by atoms with Gasteiger partial charge in [0.1, 0.15) is 24.6 Å². The second-order valence-electron chi connectivity index (χ2n) is 8.71. The summed E-state index contributed by atoms with van der Waals surface area (Å²) in [6.07, 6.45) is -1.03. The van der Waals surface area contributed by atoms with Crippen LogP contribution in [0, 0.1) is 0 Å². The average Bonchev–Trinajstić information content (AvgIpc) is 3.39. The maximum absolute atomic E-state index is 11.6. The van der Waals surface area contributed by atoms with Gasteiger partial charge in [-0.1, -0.05) is 32.4 Å². The number of nitrogens with one attached hydrogen (secondary N) is 1. The third kappa shape index (κ3) is 9.95. The van der Waals surface area contributed by atoms with E-state index in [0.29, 0.717) is 17.9 Å². The highest BCUT2D eigenvalue weighted by Crippen LogP contribution is 2.57. The predicted octanol–water partition coefficient (Wildman–Crippen LogP) is 1.40. The molecule has 6 N–H and O–H groups in total. The molecule has 39 heavy (non-hydrogen) atoms. The number of aliphatic hydroxyl groups excluding tert-OH is 2. The van der Waals surface area contributed by atoms with Crippen LogP contribution in [-0.4, -0.2) is 100 Å². The number of ether oxygens (including phenoxy) is 1. The molecular weight excluding hydrogens is 558 g/mol. The van der Waals surface area contributed by atoms with Crippen molar-refractivity contribution in [3.63, 3.8) is 0 Å². The maximum atomic E-state index is 11.6. The van der Waals surface area contributed by atoms with Gasteiger partial charge in [0.15, 0.2) is 23.2 Å². The highest BCUT2D eigenvalue weighted by molar-refractivity contribution is 7.60. The Balaban J connectivity index is 0.000000673. The Hall–Kier alpha value is -1.81.